The van der Waals surface area contributed by atoms with E-state index in [-0.39, 0.29) is 0 Å². The molecule has 0 aromatic carbocycles. The Bertz CT molecular complexity index is 815. The monoisotopic (exact) mass is 368 g/mol. The Morgan fingerprint density at radius 2 is 1.67 bits per heavy atom. The zero-order valence-corrected chi connectivity index (χ0v) is 15.6. The average Bonchev–Trinajstić information content (AvgIpc) is 3.09. The van der Waals surface area contributed by atoms with Crippen LogP contribution in [-0.4, -0.2) is 76.9 Å². The molecule has 0 saturated carbocycles. The van der Waals surface area contributed by atoms with Crippen LogP contribution in [0.1, 0.15) is 11.4 Å². The molecule has 2 aromatic heterocycles. The fourth-order valence-electron chi connectivity index (χ4n) is 3.56. The number of rotatable bonds is 4. The third kappa shape index (κ3) is 3.86. The van der Waals surface area contributed by atoms with Gasteiger partial charge in [0.05, 0.1) is 25.2 Å². The van der Waals surface area contributed by atoms with Gasteiger partial charge in [-0.1, -0.05) is 0 Å². The number of hydrogen-bond donors (Lipinski definition) is 0. The Kier molecular flexibility index (Phi) is 5.18. The topological polar surface area (TPSA) is 86.3 Å². The van der Waals surface area contributed by atoms with E-state index in [0.29, 0.717) is 5.69 Å². The summed E-state index contributed by atoms with van der Waals surface area (Å²) in [6.07, 6.45) is 3.36. The smallest absolute Gasteiger partial charge is 0.162 e. The number of piperazine rings is 1. The summed E-state index contributed by atoms with van der Waals surface area (Å²) in [5.74, 6) is 1.95. The highest BCUT2D eigenvalue weighted by Gasteiger charge is 2.22. The number of imidazole rings is 1. The van der Waals surface area contributed by atoms with Crippen LogP contribution >= 0.6 is 0 Å². The first-order valence-electron chi connectivity index (χ1n) is 9.27. The second kappa shape index (κ2) is 7.90. The van der Waals surface area contributed by atoms with Crippen molar-refractivity contribution in [3.8, 4) is 6.07 Å². The average molecular weight is 368 g/mol. The Balaban J connectivity index is 1.38. The quantitative estimate of drug-likeness (QED) is 0.759. The minimum Gasteiger partial charge on any atom is -0.378 e. The van der Waals surface area contributed by atoms with Gasteiger partial charge in [-0.15, -0.1) is 0 Å². The molecular formula is C18H24N8O. The predicted octanol–water partition coefficient (Wildman–Crippen LogP) is 0.241. The van der Waals surface area contributed by atoms with Crippen LogP contribution in [0, 0.1) is 11.3 Å². The van der Waals surface area contributed by atoms with Crippen molar-refractivity contribution in [1.29, 1.82) is 5.26 Å². The lowest BCUT2D eigenvalue weighted by atomic mass is 10.2. The van der Waals surface area contributed by atoms with Gasteiger partial charge in [-0.25, -0.2) is 15.0 Å². The summed E-state index contributed by atoms with van der Waals surface area (Å²) < 4.78 is 7.35. The van der Waals surface area contributed by atoms with Crippen molar-refractivity contribution in [3.05, 3.63) is 30.1 Å². The molecule has 4 rings (SSSR count). The molecule has 4 heterocycles. The first-order valence-corrected chi connectivity index (χ1v) is 9.27. The fraction of sp³-hybridized carbons (Fsp3) is 0.556. The lowest BCUT2D eigenvalue weighted by molar-refractivity contribution is 0.122. The number of aromatic nitrogens is 4. The molecule has 2 fully saturated rings. The van der Waals surface area contributed by atoms with Gasteiger partial charge < -0.3 is 19.1 Å². The van der Waals surface area contributed by atoms with Crippen molar-refractivity contribution in [1.82, 2.24) is 24.4 Å². The maximum absolute atomic E-state index is 9.21. The minimum atomic E-state index is 0.519. The van der Waals surface area contributed by atoms with Gasteiger partial charge in [-0.3, -0.25) is 4.90 Å². The number of morpholine rings is 1. The second-order valence-electron chi connectivity index (χ2n) is 6.86. The zero-order chi connectivity index (χ0) is 18.6. The molecular weight excluding hydrogens is 344 g/mol. The highest BCUT2D eigenvalue weighted by atomic mass is 16.5. The Hall–Kier alpha value is -2.70. The molecule has 0 bridgehead atoms. The molecule has 0 N–H and O–H groups in total. The lowest BCUT2D eigenvalue weighted by Gasteiger charge is -2.36. The molecule has 0 unspecified atom stereocenters. The summed E-state index contributed by atoms with van der Waals surface area (Å²) >= 11 is 0. The van der Waals surface area contributed by atoms with Crippen LogP contribution in [0.5, 0.6) is 0 Å². The van der Waals surface area contributed by atoms with Crippen LogP contribution in [0.2, 0.25) is 0 Å². The number of nitrogens with zero attached hydrogens (tertiary/aromatic N) is 8. The first kappa shape index (κ1) is 17.7. The van der Waals surface area contributed by atoms with Gasteiger partial charge in [0.2, 0.25) is 0 Å². The molecule has 0 amide bonds. The summed E-state index contributed by atoms with van der Waals surface area (Å²) in [6.45, 7) is 7.63. The van der Waals surface area contributed by atoms with Crippen LogP contribution in [0.15, 0.2) is 18.7 Å². The molecule has 0 aliphatic carbocycles. The van der Waals surface area contributed by atoms with E-state index >= 15 is 0 Å². The fourth-order valence-corrected chi connectivity index (χ4v) is 3.56. The molecule has 2 aliphatic rings. The van der Waals surface area contributed by atoms with Crippen molar-refractivity contribution in [2.45, 2.75) is 6.54 Å². The van der Waals surface area contributed by atoms with Gasteiger partial charge in [-0.05, 0) is 0 Å². The number of anilines is 2. The van der Waals surface area contributed by atoms with Crippen molar-refractivity contribution in [3.63, 3.8) is 0 Å². The predicted molar refractivity (Wildman–Crippen MR) is 100 cm³/mol. The Morgan fingerprint density at radius 1 is 1.00 bits per heavy atom. The molecule has 2 aromatic rings. The van der Waals surface area contributed by atoms with Gasteiger partial charge in [0.25, 0.3) is 0 Å². The van der Waals surface area contributed by atoms with Crippen LogP contribution in [-0.2, 0) is 18.3 Å². The van der Waals surface area contributed by atoms with E-state index in [2.05, 4.69) is 41.8 Å². The maximum atomic E-state index is 9.21. The number of hydrogen-bond acceptors (Lipinski definition) is 8. The molecule has 2 saturated heterocycles. The van der Waals surface area contributed by atoms with E-state index in [1.54, 1.807) is 12.7 Å². The SMILES string of the molecule is Cn1cnc(C#N)c1CN1CCN(c2cc(N3CCOCC3)ncn2)CC1. The largest absolute Gasteiger partial charge is 0.378 e. The normalized spacial score (nSPS) is 18.5. The summed E-state index contributed by atoms with van der Waals surface area (Å²) in [6, 6.07) is 4.26. The van der Waals surface area contributed by atoms with E-state index in [0.717, 1.165) is 76.4 Å². The van der Waals surface area contributed by atoms with Crippen LogP contribution in [0.3, 0.4) is 0 Å². The van der Waals surface area contributed by atoms with Crippen LogP contribution in [0.4, 0.5) is 11.6 Å². The van der Waals surface area contributed by atoms with E-state index < -0.39 is 0 Å². The van der Waals surface area contributed by atoms with E-state index in [9.17, 15) is 5.26 Å². The summed E-state index contributed by atoms with van der Waals surface area (Å²) in [5, 5.41) is 9.21. The van der Waals surface area contributed by atoms with Crippen molar-refractivity contribution < 1.29 is 4.74 Å². The summed E-state index contributed by atoms with van der Waals surface area (Å²) in [5.41, 5.74) is 1.49. The molecule has 27 heavy (non-hydrogen) atoms. The second-order valence-corrected chi connectivity index (χ2v) is 6.86. The van der Waals surface area contributed by atoms with Crippen molar-refractivity contribution in [2.24, 2.45) is 7.05 Å². The molecule has 0 radical (unpaired) electrons. The van der Waals surface area contributed by atoms with E-state index in [1.807, 2.05) is 11.6 Å². The Labute approximate surface area is 158 Å². The van der Waals surface area contributed by atoms with Gasteiger partial charge in [0.1, 0.15) is 24.0 Å². The highest BCUT2D eigenvalue weighted by Crippen LogP contribution is 2.20. The van der Waals surface area contributed by atoms with Crippen molar-refractivity contribution >= 4 is 11.6 Å². The van der Waals surface area contributed by atoms with Gasteiger partial charge in [0.15, 0.2) is 5.69 Å². The van der Waals surface area contributed by atoms with Crippen LogP contribution < -0.4 is 9.80 Å². The van der Waals surface area contributed by atoms with E-state index in [4.69, 9.17) is 4.74 Å². The standard InChI is InChI=1S/C18H24N8O/c1-23-14-22-15(11-19)16(23)12-24-2-4-25(5-3-24)17-10-18(21-13-20-17)26-6-8-27-9-7-26/h10,13-14H,2-9,12H2,1H3. The molecule has 0 atom stereocenters. The maximum Gasteiger partial charge on any atom is 0.162 e. The zero-order valence-electron chi connectivity index (χ0n) is 15.6. The molecule has 0 spiro atoms. The first-order chi connectivity index (χ1) is 13.2. The van der Waals surface area contributed by atoms with Crippen LogP contribution in [0.25, 0.3) is 0 Å². The van der Waals surface area contributed by atoms with Gasteiger partial charge in [0, 0.05) is 58.9 Å². The van der Waals surface area contributed by atoms with Gasteiger partial charge >= 0.3 is 0 Å². The molecule has 142 valence electrons. The third-order valence-corrected chi connectivity index (χ3v) is 5.21. The Morgan fingerprint density at radius 3 is 2.33 bits per heavy atom. The number of ether oxygens (including phenoxy) is 1. The molecule has 9 heteroatoms. The lowest BCUT2D eigenvalue weighted by Crippen LogP contribution is -2.46. The van der Waals surface area contributed by atoms with Gasteiger partial charge in [-0.2, -0.15) is 5.26 Å². The number of nitriles is 1. The molecule has 2 aliphatic heterocycles. The van der Waals surface area contributed by atoms with E-state index in [1.165, 1.54) is 0 Å². The summed E-state index contributed by atoms with van der Waals surface area (Å²) in [4.78, 5) is 20.0. The number of aryl methyl sites for hydroxylation is 1. The highest BCUT2D eigenvalue weighted by molar-refractivity contribution is 5.50. The summed E-state index contributed by atoms with van der Waals surface area (Å²) in [7, 11) is 1.94. The molecule has 9 nitrogen and oxygen atoms in total. The minimum absolute atomic E-state index is 0.519. The third-order valence-electron chi connectivity index (χ3n) is 5.21. The van der Waals surface area contributed by atoms with Crippen molar-refractivity contribution in [2.75, 3.05) is 62.3 Å².